The second-order valence-electron chi connectivity index (χ2n) is 13.2. The number of benzene rings is 8. The van der Waals surface area contributed by atoms with Crippen molar-refractivity contribution in [1.82, 2.24) is 0 Å². The van der Waals surface area contributed by atoms with Crippen molar-refractivity contribution in [2.75, 3.05) is 4.90 Å². The fourth-order valence-electron chi connectivity index (χ4n) is 9.06. The molecule has 49 heavy (non-hydrogen) atoms. The Morgan fingerprint density at radius 2 is 0.939 bits per heavy atom. The molecule has 0 radical (unpaired) electrons. The Kier molecular flexibility index (Phi) is 5.34. The molecule has 0 atom stereocenters. The fraction of sp³-hybridized carbons (Fsp3) is 0.0213. The lowest BCUT2D eigenvalue weighted by Gasteiger charge is -2.36. The van der Waals surface area contributed by atoms with Crippen LogP contribution < -0.4 is 4.90 Å². The van der Waals surface area contributed by atoms with Gasteiger partial charge in [-0.2, -0.15) is 0 Å². The van der Waals surface area contributed by atoms with Gasteiger partial charge in [-0.15, -0.1) is 0 Å². The number of para-hydroxylation sites is 1. The second kappa shape index (κ2) is 9.82. The maximum Gasteiger partial charge on any atom is 0.137 e. The van der Waals surface area contributed by atoms with E-state index in [2.05, 4.69) is 181 Å². The lowest BCUT2D eigenvalue weighted by Crippen LogP contribution is -2.28. The molecule has 1 aromatic heterocycles. The van der Waals surface area contributed by atoms with E-state index in [-0.39, 0.29) is 0 Å². The van der Waals surface area contributed by atoms with Crippen LogP contribution in [-0.2, 0) is 5.41 Å². The van der Waals surface area contributed by atoms with Crippen LogP contribution in [-0.4, -0.2) is 0 Å². The normalized spacial score (nSPS) is 13.5. The van der Waals surface area contributed by atoms with E-state index in [1.807, 2.05) is 0 Å². The van der Waals surface area contributed by atoms with Gasteiger partial charge in [-0.05, 0) is 86.1 Å². The highest BCUT2D eigenvalue weighted by atomic mass is 16.3. The Hall–Kier alpha value is -6.38. The van der Waals surface area contributed by atoms with Gasteiger partial charge >= 0.3 is 0 Å². The molecule has 11 rings (SSSR count). The molecule has 2 heteroatoms. The predicted octanol–water partition coefficient (Wildman–Crippen LogP) is 12.6. The quantitative estimate of drug-likeness (QED) is 0.195. The lowest BCUT2D eigenvalue weighted by atomic mass is 9.70. The topological polar surface area (TPSA) is 16.4 Å². The first-order chi connectivity index (χ1) is 24.3. The van der Waals surface area contributed by atoms with E-state index < -0.39 is 5.41 Å². The first-order valence-electron chi connectivity index (χ1n) is 16.9. The minimum absolute atomic E-state index is 0.484. The summed E-state index contributed by atoms with van der Waals surface area (Å²) in [5.41, 5.74) is 15.1. The number of nitrogens with zero attached hydrogens (tertiary/aromatic N) is 1. The summed E-state index contributed by atoms with van der Waals surface area (Å²) in [6.45, 7) is 0. The number of rotatable bonds is 3. The Labute approximate surface area is 284 Å². The van der Waals surface area contributed by atoms with Gasteiger partial charge in [-0.25, -0.2) is 0 Å². The number of hydrogen-bond acceptors (Lipinski definition) is 2. The maximum atomic E-state index is 6.63. The smallest absolute Gasteiger partial charge is 0.137 e. The summed E-state index contributed by atoms with van der Waals surface area (Å²) in [6, 6.07) is 64.2. The van der Waals surface area contributed by atoms with Crippen molar-refractivity contribution in [3.8, 4) is 22.3 Å². The standard InChI is InChI=1S/C47H29NO/c1-2-15-31(16-3-1)48(40-25-13-27-42-45(40)44-32-17-5-4-14-30(32)28-29-43(44)49-42)41-26-12-21-36-35-20-8-11-24-39(35)47(46(36)41)37-22-9-6-18-33(37)34-19-7-10-23-38(34)47/h1-29H. The molecular weight excluding hydrogens is 595 g/mol. The molecular formula is C47H29NO. The van der Waals surface area contributed by atoms with E-state index in [0.29, 0.717) is 0 Å². The third-order valence-corrected chi connectivity index (χ3v) is 10.9. The third-order valence-electron chi connectivity index (χ3n) is 10.9. The summed E-state index contributed by atoms with van der Waals surface area (Å²) in [5, 5.41) is 4.66. The Morgan fingerprint density at radius 1 is 0.388 bits per heavy atom. The molecule has 2 nitrogen and oxygen atoms in total. The van der Waals surface area contributed by atoms with Gasteiger partial charge in [0.1, 0.15) is 11.2 Å². The monoisotopic (exact) mass is 623 g/mol. The van der Waals surface area contributed by atoms with Gasteiger partial charge in [-0.1, -0.05) is 140 Å². The third kappa shape index (κ3) is 3.40. The van der Waals surface area contributed by atoms with Gasteiger partial charge in [0.15, 0.2) is 0 Å². The molecule has 0 unspecified atom stereocenters. The van der Waals surface area contributed by atoms with Gasteiger partial charge in [0.25, 0.3) is 0 Å². The minimum atomic E-state index is -0.484. The molecule has 0 fully saturated rings. The summed E-state index contributed by atoms with van der Waals surface area (Å²) in [4.78, 5) is 2.48. The van der Waals surface area contributed by atoms with E-state index in [0.717, 1.165) is 39.0 Å². The van der Waals surface area contributed by atoms with Crippen molar-refractivity contribution >= 4 is 49.8 Å². The molecule has 2 aliphatic rings. The molecule has 1 spiro atoms. The first kappa shape index (κ1) is 26.7. The number of anilines is 3. The van der Waals surface area contributed by atoms with Crippen LogP contribution in [0.1, 0.15) is 22.3 Å². The van der Waals surface area contributed by atoms with Crippen molar-refractivity contribution in [1.29, 1.82) is 0 Å². The first-order valence-corrected chi connectivity index (χ1v) is 16.9. The molecule has 0 N–H and O–H groups in total. The average molecular weight is 624 g/mol. The fourth-order valence-corrected chi connectivity index (χ4v) is 9.06. The van der Waals surface area contributed by atoms with Crippen molar-refractivity contribution in [2.45, 2.75) is 5.41 Å². The summed E-state index contributed by atoms with van der Waals surface area (Å²) in [6.07, 6.45) is 0. The number of fused-ring (bicyclic) bond motifs is 15. The molecule has 0 aliphatic heterocycles. The van der Waals surface area contributed by atoms with Crippen molar-refractivity contribution < 1.29 is 4.42 Å². The van der Waals surface area contributed by atoms with E-state index >= 15 is 0 Å². The molecule has 1 heterocycles. The van der Waals surface area contributed by atoms with Crippen molar-refractivity contribution in [3.05, 3.63) is 198 Å². The SMILES string of the molecule is c1ccc(N(c2cccc3c2C2(c4ccccc4-c4ccccc42)c2ccccc2-3)c2cccc3oc4ccc5ccccc5c4c23)cc1. The zero-order valence-corrected chi connectivity index (χ0v) is 26.6. The lowest BCUT2D eigenvalue weighted by molar-refractivity contribution is 0.669. The van der Waals surface area contributed by atoms with E-state index in [1.54, 1.807) is 0 Å². The Morgan fingerprint density at radius 3 is 1.67 bits per heavy atom. The summed E-state index contributed by atoms with van der Waals surface area (Å²) in [5.74, 6) is 0. The van der Waals surface area contributed by atoms with Crippen molar-refractivity contribution in [2.24, 2.45) is 0 Å². The molecule has 0 amide bonds. The summed E-state index contributed by atoms with van der Waals surface area (Å²) in [7, 11) is 0. The molecule has 8 aromatic carbocycles. The van der Waals surface area contributed by atoms with E-state index in [9.17, 15) is 0 Å². The molecule has 9 aromatic rings. The van der Waals surface area contributed by atoms with Gasteiger partial charge < -0.3 is 9.32 Å². The Balaban J connectivity index is 1.31. The largest absolute Gasteiger partial charge is 0.456 e. The van der Waals surface area contributed by atoms with Crippen molar-refractivity contribution in [3.63, 3.8) is 0 Å². The maximum absolute atomic E-state index is 6.63. The van der Waals surface area contributed by atoms with E-state index in [1.165, 1.54) is 55.3 Å². The minimum Gasteiger partial charge on any atom is -0.456 e. The molecule has 0 bridgehead atoms. The van der Waals surface area contributed by atoms with Crippen LogP contribution in [0, 0.1) is 0 Å². The van der Waals surface area contributed by atoms with Crippen LogP contribution >= 0.6 is 0 Å². The molecule has 0 saturated carbocycles. The van der Waals surface area contributed by atoms with E-state index in [4.69, 9.17) is 4.42 Å². The highest BCUT2D eigenvalue weighted by Gasteiger charge is 2.53. The zero-order chi connectivity index (χ0) is 32.1. The highest BCUT2D eigenvalue weighted by molar-refractivity contribution is 6.23. The van der Waals surface area contributed by atoms with Gasteiger partial charge in [0.05, 0.1) is 22.2 Å². The zero-order valence-electron chi connectivity index (χ0n) is 26.6. The van der Waals surface area contributed by atoms with Crippen LogP contribution in [0.15, 0.2) is 180 Å². The number of furan rings is 1. The molecule has 2 aliphatic carbocycles. The summed E-state index contributed by atoms with van der Waals surface area (Å²) < 4.78 is 6.63. The Bertz CT molecular complexity index is 2730. The summed E-state index contributed by atoms with van der Waals surface area (Å²) >= 11 is 0. The van der Waals surface area contributed by atoms with Crippen LogP contribution in [0.4, 0.5) is 17.1 Å². The predicted molar refractivity (Wildman–Crippen MR) is 202 cm³/mol. The van der Waals surface area contributed by atoms with Gasteiger partial charge in [0, 0.05) is 16.6 Å². The van der Waals surface area contributed by atoms with Crippen LogP contribution in [0.25, 0.3) is 55.0 Å². The van der Waals surface area contributed by atoms with Crippen LogP contribution in [0.5, 0.6) is 0 Å². The molecule has 228 valence electrons. The van der Waals surface area contributed by atoms with Crippen LogP contribution in [0.3, 0.4) is 0 Å². The molecule has 0 saturated heterocycles. The number of hydrogen-bond donors (Lipinski definition) is 0. The highest BCUT2D eigenvalue weighted by Crippen LogP contribution is 2.65. The van der Waals surface area contributed by atoms with Crippen LogP contribution in [0.2, 0.25) is 0 Å². The van der Waals surface area contributed by atoms with Gasteiger partial charge in [0.2, 0.25) is 0 Å². The average Bonchev–Trinajstić information content (AvgIpc) is 3.81. The second-order valence-corrected chi connectivity index (χ2v) is 13.2. The van der Waals surface area contributed by atoms with Gasteiger partial charge in [-0.3, -0.25) is 0 Å².